The van der Waals surface area contributed by atoms with E-state index < -0.39 is 5.82 Å². The van der Waals surface area contributed by atoms with Crippen LogP contribution in [0.3, 0.4) is 0 Å². The van der Waals surface area contributed by atoms with E-state index in [0.29, 0.717) is 27.5 Å². The third kappa shape index (κ3) is 4.15. The molecular formula is C22H20ClFN2O2. The van der Waals surface area contributed by atoms with Gasteiger partial charge in [0.25, 0.3) is 0 Å². The highest BCUT2D eigenvalue weighted by Crippen LogP contribution is 2.29. The van der Waals surface area contributed by atoms with Crippen molar-refractivity contribution in [1.82, 2.24) is 4.98 Å². The summed E-state index contributed by atoms with van der Waals surface area (Å²) in [6.07, 6.45) is 0. The average molecular weight is 399 g/mol. The Morgan fingerprint density at radius 3 is 2.39 bits per heavy atom. The summed E-state index contributed by atoms with van der Waals surface area (Å²) in [4.78, 5) is 27.1. The molecule has 1 unspecified atom stereocenters. The van der Waals surface area contributed by atoms with E-state index in [1.54, 1.807) is 36.4 Å². The molecule has 0 saturated heterocycles. The second-order valence-electron chi connectivity index (χ2n) is 6.76. The summed E-state index contributed by atoms with van der Waals surface area (Å²) in [6.45, 7) is 5.07. The Hall–Kier alpha value is -2.92. The van der Waals surface area contributed by atoms with Crippen LogP contribution in [-0.4, -0.2) is 16.7 Å². The molecule has 0 aliphatic rings. The summed E-state index contributed by atoms with van der Waals surface area (Å²) in [5.74, 6) is -1.12. The first-order chi connectivity index (χ1) is 13.3. The number of hydrogen-bond donors (Lipinski definition) is 2. The van der Waals surface area contributed by atoms with Gasteiger partial charge in [-0.3, -0.25) is 9.59 Å². The number of carbonyl (C=O) groups is 2. The number of halogens is 2. The first-order valence-corrected chi connectivity index (χ1v) is 9.21. The number of nitrogens with one attached hydrogen (secondary N) is 2. The number of aromatic amines is 1. The van der Waals surface area contributed by atoms with E-state index in [1.807, 2.05) is 19.9 Å². The molecule has 1 atom stereocenters. The lowest BCUT2D eigenvalue weighted by atomic mass is 9.96. The molecule has 0 aliphatic heterocycles. The van der Waals surface area contributed by atoms with E-state index in [9.17, 15) is 14.0 Å². The smallest absolute Gasteiger partial charge is 0.221 e. The number of anilines is 1. The highest BCUT2D eigenvalue weighted by atomic mass is 35.5. The topological polar surface area (TPSA) is 62.0 Å². The molecule has 0 spiro atoms. The van der Waals surface area contributed by atoms with Crippen molar-refractivity contribution in [2.45, 2.75) is 26.7 Å². The van der Waals surface area contributed by atoms with Crippen molar-refractivity contribution in [2.75, 3.05) is 5.32 Å². The molecule has 0 saturated carbocycles. The highest BCUT2D eigenvalue weighted by Gasteiger charge is 2.20. The third-order valence-corrected chi connectivity index (χ3v) is 4.87. The zero-order valence-corrected chi connectivity index (χ0v) is 16.5. The fraction of sp³-hybridized carbons (Fsp3) is 0.182. The minimum Gasteiger partial charge on any atom is -0.355 e. The van der Waals surface area contributed by atoms with E-state index in [2.05, 4.69) is 10.3 Å². The molecule has 0 radical (unpaired) electrons. The number of hydrogen-bond acceptors (Lipinski definition) is 2. The lowest BCUT2D eigenvalue weighted by Gasteiger charge is -2.13. The summed E-state index contributed by atoms with van der Waals surface area (Å²) >= 11 is 5.88. The summed E-state index contributed by atoms with van der Waals surface area (Å²) in [5.41, 5.74) is 3.40. The van der Waals surface area contributed by atoms with Gasteiger partial charge < -0.3 is 10.3 Å². The molecule has 3 aromatic rings. The van der Waals surface area contributed by atoms with Crippen LogP contribution in [0.2, 0.25) is 5.02 Å². The Labute approximate surface area is 167 Å². The van der Waals surface area contributed by atoms with Gasteiger partial charge in [0, 0.05) is 34.8 Å². The van der Waals surface area contributed by atoms with Crippen LogP contribution in [0.5, 0.6) is 0 Å². The Balaban J connectivity index is 1.88. The van der Waals surface area contributed by atoms with Crippen LogP contribution in [0.4, 0.5) is 10.1 Å². The van der Waals surface area contributed by atoms with E-state index in [4.69, 9.17) is 11.6 Å². The molecule has 1 aromatic heterocycles. The molecule has 6 heteroatoms. The molecular weight excluding hydrogens is 379 g/mol. The number of amides is 1. The van der Waals surface area contributed by atoms with Gasteiger partial charge in [-0.2, -0.15) is 0 Å². The van der Waals surface area contributed by atoms with E-state index in [0.717, 1.165) is 11.3 Å². The Morgan fingerprint density at radius 2 is 1.79 bits per heavy atom. The zero-order chi connectivity index (χ0) is 20.4. The summed E-state index contributed by atoms with van der Waals surface area (Å²) in [5, 5.41) is 3.12. The fourth-order valence-electron chi connectivity index (χ4n) is 3.13. The van der Waals surface area contributed by atoms with Crippen molar-refractivity contribution in [3.05, 3.63) is 87.4 Å². The lowest BCUT2D eigenvalue weighted by molar-refractivity contribution is -0.114. The summed E-state index contributed by atoms with van der Waals surface area (Å²) in [7, 11) is 0. The van der Waals surface area contributed by atoms with Gasteiger partial charge in [-0.15, -0.1) is 0 Å². The minimum absolute atomic E-state index is 0.144. The van der Waals surface area contributed by atoms with Gasteiger partial charge in [0.15, 0.2) is 0 Å². The van der Waals surface area contributed by atoms with Crippen molar-refractivity contribution in [2.24, 2.45) is 0 Å². The normalized spacial score (nSPS) is 11.9. The summed E-state index contributed by atoms with van der Waals surface area (Å²) in [6, 6.07) is 13.1. The van der Waals surface area contributed by atoms with E-state index >= 15 is 0 Å². The van der Waals surface area contributed by atoms with Gasteiger partial charge in [-0.25, -0.2) is 4.39 Å². The summed E-state index contributed by atoms with van der Waals surface area (Å²) < 4.78 is 14.6. The van der Waals surface area contributed by atoms with Crippen LogP contribution in [-0.2, 0) is 4.79 Å². The van der Waals surface area contributed by atoms with Gasteiger partial charge >= 0.3 is 0 Å². The molecule has 4 nitrogen and oxygen atoms in total. The zero-order valence-electron chi connectivity index (χ0n) is 15.8. The van der Waals surface area contributed by atoms with E-state index in [1.165, 1.54) is 13.0 Å². The Kier molecular flexibility index (Phi) is 5.66. The Bertz CT molecular complexity index is 1040. The molecule has 0 fully saturated rings. The van der Waals surface area contributed by atoms with Crippen molar-refractivity contribution < 1.29 is 14.0 Å². The highest BCUT2D eigenvalue weighted by molar-refractivity contribution is 6.30. The number of carbonyl (C=O) groups excluding carboxylic acids is 2. The average Bonchev–Trinajstić information content (AvgIpc) is 3.02. The molecule has 2 aromatic carbocycles. The number of benzene rings is 2. The second kappa shape index (κ2) is 7.98. The van der Waals surface area contributed by atoms with Crippen LogP contribution in [0, 0.1) is 12.7 Å². The van der Waals surface area contributed by atoms with Crippen molar-refractivity contribution in [3.63, 3.8) is 0 Å². The van der Waals surface area contributed by atoms with E-state index in [-0.39, 0.29) is 17.6 Å². The predicted molar refractivity (Wildman–Crippen MR) is 109 cm³/mol. The second-order valence-corrected chi connectivity index (χ2v) is 7.19. The van der Waals surface area contributed by atoms with Crippen LogP contribution < -0.4 is 5.32 Å². The lowest BCUT2D eigenvalue weighted by Crippen LogP contribution is -2.07. The fourth-order valence-corrected chi connectivity index (χ4v) is 3.25. The maximum absolute atomic E-state index is 14.6. The maximum Gasteiger partial charge on any atom is 0.221 e. The molecule has 2 N–H and O–H groups in total. The first-order valence-electron chi connectivity index (χ1n) is 8.83. The monoisotopic (exact) mass is 398 g/mol. The molecule has 28 heavy (non-hydrogen) atoms. The van der Waals surface area contributed by atoms with Crippen LogP contribution in [0.25, 0.3) is 0 Å². The van der Waals surface area contributed by atoms with Crippen molar-refractivity contribution in [1.29, 1.82) is 0 Å². The minimum atomic E-state index is -0.420. The van der Waals surface area contributed by atoms with Crippen LogP contribution in [0.15, 0.2) is 48.5 Å². The molecule has 144 valence electrons. The standard InChI is InChI=1S/C22H20ClFN2O2/c1-12-10-20(26-21(12)22(28)15-4-6-16(23)7-5-15)13(2)18-9-8-17(11-19(18)24)25-14(3)27/h4-11,13,26H,1-3H3,(H,25,27). The number of rotatable bonds is 5. The third-order valence-electron chi connectivity index (χ3n) is 4.62. The molecule has 3 rings (SSSR count). The molecule has 0 bridgehead atoms. The number of aryl methyl sites for hydroxylation is 1. The van der Waals surface area contributed by atoms with Gasteiger partial charge in [-0.1, -0.05) is 24.6 Å². The maximum atomic E-state index is 14.6. The Morgan fingerprint density at radius 1 is 1.11 bits per heavy atom. The van der Waals surface area contributed by atoms with Gasteiger partial charge in [-0.05, 0) is 60.5 Å². The van der Waals surface area contributed by atoms with Gasteiger partial charge in [0.05, 0.1) is 5.69 Å². The van der Waals surface area contributed by atoms with Crippen molar-refractivity contribution >= 4 is 29.0 Å². The predicted octanol–water partition coefficient (Wildman–Crippen LogP) is 5.46. The number of H-pyrrole nitrogens is 1. The molecule has 0 aliphatic carbocycles. The first kappa shape index (κ1) is 19.8. The van der Waals surface area contributed by atoms with Crippen LogP contribution in [0.1, 0.15) is 52.6 Å². The van der Waals surface area contributed by atoms with Gasteiger partial charge in [0.1, 0.15) is 5.82 Å². The largest absolute Gasteiger partial charge is 0.355 e. The van der Waals surface area contributed by atoms with Gasteiger partial charge in [0.2, 0.25) is 11.7 Å². The quantitative estimate of drug-likeness (QED) is 0.561. The van der Waals surface area contributed by atoms with Crippen LogP contribution >= 0.6 is 11.6 Å². The SMILES string of the molecule is CC(=O)Nc1ccc(C(C)c2cc(C)c(C(=O)c3ccc(Cl)cc3)[nH]2)c(F)c1. The van der Waals surface area contributed by atoms with Crippen molar-refractivity contribution in [3.8, 4) is 0 Å². The molecule has 1 heterocycles. The molecule has 1 amide bonds. The number of ketones is 1. The number of aromatic nitrogens is 1.